The minimum absolute atomic E-state index is 0.0975. The van der Waals surface area contributed by atoms with Crippen LogP contribution in [0.5, 0.6) is 5.75 Å². The Hall–Kier alpha value is -1.92. The molecule has 5 N–H and O–H groups in total. The van der Waals surface area contributed by atoms with Crippen molar-refractivity contribution in [1.29, 1.82) is 0 Å². The second-order valence-electron chi connectivity index (χ2n) is 6.44. The van der Waals surface area contributed by atoms with E-state index in [9.17, 15) is 25.5 Å². The minimum Gasteiger partial charge on any atom is -0.507 e. The normalized spacial score (nSPS) is 11.8. The lowest BCUT2D eigenvalue weighted by Gasteiger charge is -2.28. The highest BCUT2D eigenvalue weighted by Gasteiger charge is 2.26. The number of aliphatic hydroxyl groups excluding tert-OH is 4. The van der Waals surface area contributed by atoms with Crippen LogP contribution in [0.1, 0.15) is 47.2 Å². The first-order chi connectivity index (χ1) is 11.4. The number of hydrogen-bond donors (Lipinski definition) is 5. The zero-order valence-corrected chi connectivity index (χ0v) is 14.0. The van der Waals surface area contributed by atoms with E-state index in [1.54, 1.807) is 18.2 Å². The van der Waals surface area contributed by atoms with Gasteiger partial charge < -0.3 is 25.5 Å². The number of phenols is 1. The van der Waals surface area contributed by atoms with Crippen LogP contribution in [0, 0.1) is 0 Å². The fraction of sp³-hybridized carbons (Fsp3) is 0.368. The monoisotopic (exact) mass is 332 g/mol. The summed E-state index contributed by atoms with van der Waals surface area (Å²) in [7, 11) is 0. The molecule has 0 fully saturated rings. The summed E-state index contributed by atoms with van der Waals surface area (Å²) in [6, 6.07) is 8.89. The third-order valence-corrected chi connectivity index (χ3v) is 4.47. The first kappa shape index (κ1) is 18.4. The molecule has 0 aliphatic rings. The molecule has 24 heavy (non-hydrogen) atoms. The minimum atomic E-state index is -0.517. The van der Waals surface area contributed by atoms with Gasteiger partial charge in [-0.05, 0) is 34.4 Å². The van der Waals surface area contributed by atoms with Crippen molar-refractivity contribution in [1.82, 2.24) is 0 Å². The lowest BCUT2D eigenvalue weighted by Crippen LogP contribution is -2.20. The van der Waals surface area contributed by atoms with Gasteiger partial charge in [0.25, 0.3) is 0 Å². The van der Waals surface area contributed by atoms with E-state index in [0.717, 1.165) is 11.1 Å². The number of aliphatic hydroxyl groups is 4. The average Bonchev–Trinajstić information content (AvgIpc) is 2.61. The van der Waals surface area contributed by atoms with Gasteiger partial charge in [-0.2, -0.15) is 0 Å². The van der Waals surface area contributed by atoms with Crippen LogP contribution in [0.2, 0.25) is 0 Å². The molecule has 0 aliphatic heterocycles. The van der Waals surface area contributed by atoms with E-state index in [1.807, 2.05) is 26.0 Å². The van der Waals surface area contributed by atoms with Crippen LogP contribution < -0.4 is 0 Å². The maximum absolute atomic E-state index is 10.0. The molecule has 0 saturated heterocycles. The summed E-state index contributed by atoms with van der Waals surface area (Å²) >= 11 is 0. The average molecular weight is 332 g/mol. The highest BCUT2D eigenvalue weighted by molar-refractivity contribution is 5.49. The Kier molecular flexibility index (Phi) is 5.62. The van der Waals surface area contributed by atoms with Gasteiger partial charge in [-0.3, -0.25) is 0 Å². The molecule has 0 amide bonds. The Bertz CT molecular complexity index is 674. The van der Waals surface area contributed by atoms with Gasteiger partial charge in [0, 0.05) is 16.5 Å². The Morgan fingerprint density at radius 2 is 1.08 bits per heavy atom. The van der Waals surface area contributed by atoms with Crippen molar-refractivity contribution in [3.63, 3.8) is 0 Å². The van der Waals surface area contributed by atoms with Gasteiger partial charge in [-0.25, -0.2) is 0 Å². The third kappa shape index (κ3) is 3.44. The van der Waals surface area contributed by atoms with Crippen LogP contribution in [-0.2, 0) is 31.8 Å². The Balaban J connectivity index is 2.62. The predicted molar refractivity (Wildman–Crippen MR) is 90.4 cm³/mol. The van der Waals surface area contributed by atoms with E-state index in [-0.39, 0.29) is 32.2 Å². The highest BCUT2D eigenvalue weighted by atomic mass is 16.3. The maximum atomic E-state index is 10.0. The van der Waals surface area contributed by atoms with E-state index in [2.05, 4.69) is 0 Å². The first-order valence-corrected chi connectivity index (χ1v) is 7.79. The second-order valence-corrected chi connectivity index (χ2v) is 6.44. The highest BCUT2D eigenvalue weighted by Crippen LogP contribution is 2.36. The molecule has 0 unspecified atom stereocenters. The van der Waals surface area contributed by atoms with Crippen molar-refractivity contribution in [2.45, 2.75) is 45.7 Å². The van der Waals surface area contributed by atoms with Crippen molar-refractivity contribution in [3.8, 4) is 5.75 Å². The summed E-state index contributed by atoms with van der Waals surface area (Å²) < 4.78 is 0. The topological polar surface area (TPSA) is 101 Å². The van der Waals surface area contributed by atoms with Crippen LogP contribution in [0.3, 0.4) is 0 Å². The molecule has 0 aromatic heterocycles. The van der Waals surface area contributed by atoms with Crippen molar-refractivity contribution < 1.29 is 25.5 Å². The summed E-state index contributed by atoms with van der Waals surface area (Å²) in [5.74, 6) is -0.0975. The van der Waals surface area contributed by atoms with Crippen molar-refractivity contribution in [2.75, 3.05) is 0 Å². The van der Waals surface area contributed by atoms with Crippen LogP contribution in [-0.4, -0.2) is 25.5 Å². The van der Waals surface area contributed by atoms with Crippen LogP contribution in [0.15, 0.2) is 30.3 Å². The molecule has 130 valence electrons. The summed E-state index contributed by atoms with van der Waals surface area (Å²) in [5, 5.41) is 47.8. The summed E-state index contributed by atoms with van der Waals surface area (Å²) in [6.45, 7) is 3.02. The largest absolute Gasteiger partial charge is 0.507 e. The van der Waals surface area contributed by atoms with E-state index < -0.39 is 5.41 Å². The van der Waals surface area contributed by atoms with E-state index in [0.29, 0.717) is 22.3 Å². The molecule has 5 heteroatoms. The first-order valence-electron chi connectivity index (χ1n) is 7.79. The second kappa shape index (κ2) is 7.32. The zero-order chi connectivity index (χ0) is 17.9. The molecule has 2 aromatic rings. The molecule has 0 aliphatic carbocycles. The molecular formula is C19H24O5. The standard InChI is InChI=1S/C19H24O5/c1-19(2,16-4-12(8-20)3-13(5-16)9-21)17-6-14(10-22)18(24)15(7-17)11-23/h3-7,20-24H,8-11H2,1-2H3. The van der Waals surface area contributed by atoms with Crippen LogP contribution in [0.25, 0.3) is 0 Å². The van der Waals surface area contributed by atoms with Gasteiger partial charge >= 0.3 is 0 Å². The van der Waals surface area contributed by atoms with Gasteiger partial charge in [0.1, 0.15) is 5.75 Å². The molecular weight excluding hydrogens is 308 g/mol. The zero-order valence-electron chi connectivity index (χ0n) is 14.0. The number of rotatable bonds is 6. The van der Waals surface area contributed by atoms with Gasteiger partial charge in [0.15, 0.2) is 0 Å². The third-order valence-electron chi connectivity index (χ3n) is 4.47. The molecule has 5 nitrogen and oxygen atoms in total. The van der Waals surface area contributed by atoms with Gasteiger partial charge in [-0.15, -0.1) is 0 Å². The summed E-state index contributed by atoms with van der Waals surface area (Å²) in [6.07, 6.45) is 0. The quantitative estimate of drug-likeness (QED) is 0.554. The molecule has 0 radical (unpaired) electrons. The Morgan fingerprint density at radius 1 is 0.667 bits per heavy atom. The Morgan fingerprint density at radius 3 is 1.46 bits per heavy atom. The van der Waals surface area contributed by atoms with Crippen molar-refractivity contribution in [2.24, 2.45) is 0 Å². The maximum Gasteiger partial charge on any atom is 0.126 e. The van der Waals surface area contributed by atoms with Crippen molar-refractivity contribution >= 4 is 0 Å². The lowest BCUT2D eigenvalue weighted by atomic mass is 9.76. The fourth-order valence-electron chi connectivity index (χ4n) is 2.83. The van der Waals surface area contributed by atoms with Gasteiger partial charge in [0.2, 0.25) is 0 Å². The van der Waals surface area contributed by atoms with Crippen molar-refractivity contribution in [3.05, 3.63) is 63.7 Å². The summed E-state index contributed by atoms with van der Waals surface area (Å²) in [4.78, 5) is 0. The van der Waals surface area contributed by atoms with E-state index in [1.165, 1.54) is 0 Å². The lowest BCUT2D eigenvalue weighted by molar-refractivity contribution is 0.263. The molecule has 2 rings (SSSR count). The van der Waals surface area contributed by atoms with E-state index >= 15 is 0 Å². The van der Waals surface area contributed by atoms with Crippen LogP contribution in [0.4, 0.5) is 0 Å². The Labute approximate surface area is 141 Å². The van der Waals surface area contributed by atoms with Gasteiger partial charge in [0.05, 0.1) is 26.4 Å². The predicted octanol–water partition coefficient (Wildman–Crippen LogP) is 1.69. The summed E-state index contributed by atoms with van der Waals surface area (Å²) in [5.41, 5.74) is 3.29. The molecule has 0 spiro atoms. The van der Waals surface area contributed by atoms with Crippen LogP contribution >= 0.6 is 0 Å². The molecule has 0 bridgehead atoms. The van der Waals surface area contributed by atoms with Gasteiger partial charge in [-0.1, -0.05) is 32.0 Å². The SMILES string of the molecule is CC(C)(c1cc(CO)cc(CO)c1)c1cc(CO)c(O)c(CO)c1. The number of aromatic hydroxyl groups is 1. The molecule has 0 atom stereocenters. The smallest absolute Gasteiger partial charge is 0.126 e. The fourth-order valence-corrected chi connectivity index (χ4v) is 2.83. The van der Waals surface area contributed by atoms with E-state index in [4.69, 9.17) is 0 Å². The number of hydrogen-bond acceptors (Lipinski definition) is 5. The number of benzene rings is 2. The molecule has 0 heterocycles. The molecule has 0 saturated carbocycles. The molecule has 2 aromatic carbocycles.